The maximum absolute atomic E-state index is 12.8. The summed E-state index contributed by atoms with van der Waals surface area (Å²) in [6, 6.07) is 3.97. The van der Waals surface area contributed by atoms with Crippen molar-refractivity contribution in [1.29, 1.82) is 0 Å². The largest absolute Gasteiger partial charge is 0.416 e. The minimum Gasteiger partial charge on any atom is -0.376 e. The minimum absolute atomic E-state index is 0.0119. The second-order valence-corrected chi connectivity index (χ2v) is 4.45. The lowest BCUT2D eigenvalue weighted by Crippen LogP contribution is -2.35. The van der Waals surface area contributed by atoms with E-state index in [1.807, 2.05) is 13.8 Å². The number of nitrogens with one attached hydrogen (secondary N) is 1. The summed E-state index contributed by atoms with van der Waals surface area (Å²) in [7, 11) is 0. The number of halogens is 3. The number of rotatable bonds is 5. The molecule has 1 aromatic carbocycles. The average molecular weight is 288 g/mol. The van der Waals surface area contributed by atoms with Gasteiger partial charge in [-0.25, -0.2) is 0 Å². The van der Waals surface area contributed by atoms with Gasteiger partial charge in [0, 0.05) is 18.8 Å². The topological polar surface area (TPSA) is 32.3 Å². The van der Waals surface area contributed by atoms with Crippen molar-refractivity contribution in [2.45, 2.75) is 26.9 Å². The van der Waals surface area contributed by atoms with Gasteiger partial charge in [0.05, 0.1) is 12.1 Å². The maximum Gasteiger partial charge on any atom is 0.416 e. The number of alkyl halides is 3. The Hall–Kier alpha value is -1.72. The van der Waals surface area contributed by atoms with Crippen LogP contribution in [-0.2, 0) is 11.0 Å². The van der Waals surface area contributed by atoms with E-state index in [0.29, 0.717) is 18.8 Å². The van der Waals surface area contributed by atoms with E-state index in [4.69, 9.17) is 0 Å². The molecule has 0 aliphatic carbocycles. The summed E-state index contributed by atoms with van der Waals surface area (Å²) in [4.78, 5) is 13.4. The fourth-order valence-corrected chi connectivity index (χ4v) is 1.90. The predicted molar refractivity (Wildman–Crippen MR) is 72.6 cm³/mol. The normalized spacial score (nSPS) is 11.3. The van der Waals surface area contributed by atoms with E-state index in [-0.39, 0.29) is 18.0 Å². The standard InChI is InChI=1S/C14H19F3N2O/c1-4-19(5-2)13(20)9-18-11-7-6-10(3)12(8-11)14(15,16)17/h6-8,18H,4-5,9H2,1-3H3. The molecule has 0 fully saturated rings. The Morgan fingerprint density at radius 3 is 2.35 bits per heavy atom. The molecule has 1 N–H and O–H groups in total. The van der Waals surface area contributed by atoms with Gasteiger partial charge in [0.15, 0.2) is 0 Å². The molecule has 0 saturated carbocycles. The molecule has 112 valence electrons. The highest BCUT2D eigenvalue weighted by Crippen LogP contribution is 2.33. The third-order valence-corrected chi connectivity index (χ3v) is 3.10. The van der Waals surface area contributed by atoms with Crippen molar-refractivity contribution in [3.63, 3.8) is 0 Å². The third-order valence-electron chi connectivity index (χ3n) is 3.10. The molecule has 1 rings (SSSR count). The van der Waals surface area contributed by atoms with Gasteiger partial charge in [-0.2, -0.15) is 13.2 Å². The number of benzene rings is 1. The number of carbonyl (C=O) groups excluding carboxylic acids is 1. The maximum atomic E-state index is 12.8. The van der Waals surface area contributed by atoms with Crippen molar-refractivity contribution >= 4 is 11.6 Å². The molecule has 0 atom stereocenters. The molecule has 1 aromatic rings. The summed E-state index contributed by atoms with van der Waals surface area (Å²) in [6.45, 7) is 6.27. The van der Waals surface area contributed by atoms with E-state index in [1.165, 1.54) is 13.0 Å². The average Bonchev–Trinajstić information content (AvgIpc) is 2.37. The number of aryl methyl sites for hydroxylation is 1. The molecule has 0 radical (unpaired) electrons. The molecule has 1 amide bonds. The fourth-order valence-electron chi connectivity index (χ4n) is 1.90. The van der Waals surface area contributed by atoms with Crippen molar-refractivity contribution in [3.05, 3.63) is 29.3 Å². The predicted octanol–water partition coefficient (Wildman–Crippen LogP) is 3.29. The van der Waals surface area contributed by atoms with Crippen LogP contribution in [0.2, 0.25) is 0 Å². The number of likely N-dealkylation sites (N-methyl/N-ethyl adjacent to an activating group) is 1. The van der Waals surface area contributed by atoms with Gasteiger partial charge in [-0.1, -0.05) is 6.07 Å². The van der Waals surface area contributed by atoms with Crippen LogP contribution in [0.15, 0.2) is 18.2 Å². The van der Waals surface area contributed by atoms with Crippen molar-refractivity contribution < 1.29 is 18.0 Å². The van der Waals surface area contributed by atoms with Crippen LogP contribution < -0.4 is 5.32 Å². The minimum atomic E-state index is -4.38. The highest BCUT2D eigenvalue weighted by atomic mass is 19.4. The molecule has 0 aliphatic rings. The first-order valence-electron chi connectivity index (χ1n) is 6.49. The quantitative estimate of drug-likeness (QED) is 0.901. The number of hydrogen-bond donors (Lipinski definition) is 1. The number of hydrogen-bond acceptors (Lipinski definition) is 2. The zero-order valence-corrected chi connectivity index (χ0v) is 11.8. The first-order valence-corrected chi connectivity index (χ1v) is 6.49. The first kappa shape index (κ1) is 16.3. The van der Waals surface area contributed by atoms with Crippen molar-refractivity contribution in [1.82, 2.24) is 4.90 Å². The van der Waals surface area contributed by atoms with E-state index in [9.17, 15) is 18.0 Å². The Bertz CT molecular complexity index is 468. The molecular weight excluding hydrogens is 269 g/mol. The Morgan fingerprint density at radius 2 is 1.85 bits per heavy atom. The van der Waals surface area contributed by atoms with Gasteiger partial charge in [-0.3, -0.25) is 4.79 Å². The second-order valence-electron chi connectivity index (χ2n) is 4.45. The van der Waals surface area contributed by atoms with Crippen LogP contribution in [0, 0.1) is 6.92 Å². The van der Waals surface area contributed by atoms with Crippen LogP contribution >= 0.6 is 0 Å². The summed E-state index contributed by atoms with van der Waals surface area (Å²) in [5.41, 5.74) is -0.223. The molecule has 20 heavy (non-hydrogen) atoms. The SMILES string of the molecule is CCN(CC)C(=O)CNc1ccc(C)c(C(F)(F)F)c1. The molecule has 0 unspecified atom stereocenters. The van der Waals surface area contributed by atoms with E-state index in [1.54, 1.807) is 11.0 Å². The lowest BCUT2D eigenvalue weighted by Gasteiger charge is -2.19. The monoisotopic (exact) mass is 288 g/mol. The molecule has 6 heteroatoms. The van der Waals surface area contributed by atoms with E-state index < -0.39 is 11.7 Å². The molecule has 0 aliphatic heterocycles. The fraction of sp³-hybridized carbons (Fsp3) is 0.500. The lowest BCUT2D eigenvalue weighted by atomic mass is 10.1. The Labute approximate surface area is 116 Å². The van der Waals surface area contributed by atoms with Gasteiger partial charge in [0.25, 0.3) is 0 Å². The molecule has 0 heterocycles. The van der Waals surface area contributed by atoms with E-state index >= 15 is 0 Å². The smallest absolute Gasteiger partial charge is 0.376 e. The van der Waals surface area contributed by atoms with Gasteiger partial charge in [-0.15, -0.1) is 0 Å². The molecule has 3 nitrogen and oxygen atoms in total. The molecule has 0 aromatic heterocycles. The molecule has 0 saturated heterocycles. The van der Waals surface area contributed by atoms with Crippen LogP contribution in [0.1, 0.15) is 25.0 Å². The molecule has 0 bridgehead atoms. The van der Waals surface area contributed by atoms with Crippen LogP contribution in [0.3, 0.4) is 0 Å². The van der Waals surface area contributed by atoms with Crippen molar-refractivity contribution in [2.75, 3.05) is 25.0 Å². The summed E-state index contributed by atoms with van der Waals surface area (Å²) < 4.78 is 38.3. The number of nitrogens with zero attached hydrogens (tertiary/aromatic N) is 1. The summed E-state index contributed by atoms with van der Waals surface area (Å²) in [6.07, 6.45) is -4.38. The van der Waals surface area contributed by atoms with E-state index in [0.717, 1.165) is 6.07 Å². The Balaban J connectivity index is 2.77. The van der Waals surface area contributed by atoms with Crippen molar-refractivity contribution in [3.8, 4) is 0 Å². The number of carbonyl (C=O) groups is 1. The van der Waals surface area contributed by atoms with Crippen molar-refractivity contribution in [2.24, 2.45) is 0 Å². The zero-order valence-electron chi connectivity index (χ0n) is 11.8. The van der Waals surface area contributed by atoms with Gasteiger partial charge in [0.2, 0.25) is 5.91 Å². The highest BCUT2D eigenvalue weighted by molar-refractivity contribution is 5.80. The third kappa shape index (κ3) is 4.15. The summed E-state index contributed by atoms with van der Waals surface area (Å²) in [5.74, 6) is -0.135. The van der Waals surface area contributed by atoms with Gasteiger partial charge < -0.3 is 10.2 Å². The molecular formula is C14H19F3N2O. The first-order chi connectivity index (χ1) is 9.29. The van der Waals surface area contributed by atoms with Crippen LogP contribution in [0.25, 0.3) is 0 Å². The van der Waals surface area contributed by atoms with Gasteiger partial charge >= 0.3 is 6.18 Å². The molecule has 0 spiro atoms. The number of anilines is 1. The van der Waals surface area contributed by atoms with Crippen LogP contribution in [-0.4, -0.2) is 30.4 Å². The Kier molecular flexibility index (Phi) is 5.42. The van der Waals surface area contributed by atoms with Crippen LogP contribution in [0.4, 0.5) is 18.9 Å². The van der Waals surface area contributed by atoms with Gasteiger partial charge in [0.1, 0.15) is 0 Å². The lowest BCUT2D eigenvalue weighted by molar-refractivity contribution is -0.138. The number of amides is 1. The summed E-state index contributed by atoms with van der Waals surface area (Å²) >= 11 is 0. The Morgan fingerprint density at radius 1 is 1.25 bits per heavy atom. The van der Waals surface area contributed by atoms with Gasteiger partial charge in [-0.05, 0) is 38.5 Å². The van der Waals surface area contributed by atoms with E-state index in [2.05, 4.69) is 5.32 Å². The summed E-state index contributed by atoms with van der Waals surface area (Å²) in [5, 5.41) is 2.74. The second kappa shape index (κ2) is 6.63. The zero-order chi connectivity index (χ0) is 15.3. The van der Waals surface area contributed by atoms with Crippen LogP contribution in [0.5, 0.6) is 0 Å². The highest BCUT2D eigenvalue weighted by Gasteiger charge is 2.32.